The minimum absolute atomic E-state index is 0.579. The Hall–Kier alpha value is 0.310. The first kappa shape index (κ1) is 8.41. The third kappa shape index (κ3) is 2.93. The normalized spacial score (nSPS) is 22.5. The van der Waals surface area contributed by atoms with Crippen LogP contribution in [0, 0.1) is 0 Å². The lowest BCUT2D eigenvalue weighted by atomic mass is 9.96. The van der Waals surface area contributed by atoms with Gasteiger partial charge in [0.15, 0.2) is 0 Å². The minimum atomic E-state index is -1.03. The highest BCUT2D eigenvalue weighted by Gasteiger charge is 2.16. The number of nitrogens with two attached hydrogens (primary N) is 1. The van der Waals surface area contributed by atoms with Crippen LogP contribution in [0.5, 0.6) is 0 Å². The average molecular weight is 164 g/mol. The maximum absolute atomic E-state index is 10.0. The Balaban J connectivity index is 2.02. The Kier molecular flexibility index (Phi) is 4.23. The molecule has 1 aliphatic rings. The molecule has 1 saturated carbocycles. The molecule has 0 spiro atoms. The van der Waals surface area contributed by atoms with E-state index in [2.05, 4.69) is 0 Å². The molecular formula is C6H15NO2P+. The highest BCUT2D eigenvalue weighted by Crippen LogP contribution is 2.14. The van der Waals surface area contributed by atoms with E-state index >= 15 is 0 Å². The van der Waals surface area contributed by atoms with Crippen molar-refractivity contribution in [2.75, 3.05) is 0 Å². The van der Waals surface area contributed by atoms with E-state index in [0.717, 1.165) is 0 Å². The molecule has 0 heterocycles. The summed E-state index contributed by atoms with van der Waals surface area (Å²) in [5, 5.41) is 0. The molecule has 2 N–H and O–H groups in total. The van der Waals surface area contributed by atoms with Gasteiger partial charge in [0.25, 0.3) is 0 Å². The van der Waals surface area contributed by atoms with Crippen molar-refractivity contribution < 1.29 is 15.0 Å². The quantitative estimate of drug-likeness (QED) is 0.448. The summed E-state index contributed by atoms with van der Waals surface area (Å²) in [5.41, 5.74) is 1.77. The topological polar surface area (TPSA) is 48.9 Å². The summed E-state index contributed by atoms with van der Waals surface area (Å²) in [6.45, 7) is 0. The molecule has 0 aromatic heterocycles. The zero-order chi connectivity index (χ0) is 7.23. The van der Waals surface area contributed by atoms with Gasteiger partial charge in [-0.3, -0.25) is 0 Å². The van der Waals surface area contributed by atoms with Crippen molar-refractivity contribution in [3.63, 3.8) is 0 Å². The lowest BCUT2D eigenvalue weighted by Gasteiger charge is -2.16. The van der Waals surface area contributed by atoms with Crippen LogP contribution in [0.4, 0.5) is 0 Å². The van der Waals surface area contributed by atoms with Crippen molar-refractivity contribution in [3.05, 3.63) is 0 Å². The highest BCUT2D eigenvalue weighted by atomic mass is 31.1. The van der Waals surface area contributed by atoms with E-state index in [-0.39, 0.29) is 0 Å². The second-order valence-electron chi connectivity index (χ2n) is 2.77. The number of quaternary nitrogens is 1. The van der Waals surface area contributed by atoms with E-state index < -0.39 is 9.03 Å². The zero-order valence-corrected chi connectivity index (χ0v) is 7.24. The van der Waals surface area contributed by atoms with Crippen LogP contribution < -0.4 is 10.4 Å². The zero-order valence-electron chi connectivity index (χ0n) is 6.08. The molecule has 0 aromatic carbocycles. The average Bonchev–Trinajstić information content (AvgIpc) is 2.03. The van der Waals surface area contributed by atoms with Gasteiger partial charge in [-0.1, -0.05) is 11.0 Å². The van der Waals surface area contributed by atoms with Crippen LogP contribution in [0.2, 0.25) is 0 Å². The first-order valence-electron chi connectivity index (χ1n) is 3.86. The Morgan fingerprint density at radius 3 is 2.60 bits per heavy atom. The molecule has 10 heavy (non-hydrogen) atoms. The number of hydroxylamine groups is 1. The van der Waals surface area contributed by atoms with Crippen LogP contribution in [0.25, 0.3) is 0 Å². The molecule has 4 heteroatoms. The fraction of sp³-hybridized carbons (Fsp3) is 1.00. The Labute approximate surface area is 63.1 Å². The number of hydrogen-bond donors (Lipinski definition) is 1. The molecule has 60 valence electrons. The molecule has 1 fully saturated rings. The predicted octanol–water partition coefficient (Wildman–Crippen LogP) is -0.585. The van der Waals surface area contributed by atoms with Crippen molar-refractivity contribution in [1.82, 2.24) is 0 Å². The Morgan fingerprint density at radius 1 is 1.30 bits per heavy atom. The van der Waals surface area contributed by atoms with Crippen LogP contribution in [-0.4, -0.2) is 6.04 Å². The summed E-state index contributed by atoms with van der Waals surface area (Å²) in [6, 6.07) is 0.579. The van der Waals surface area contributed by atoms with E-state index in [0.29, 0.717) is 6.04 Å². The van der Waals surface area contributed by atoms with Crippen LogP contribution in [0.3, 0.4) is 0 Å². The van der Waals surface area contributed by atoms with Gasteiger partial charge in [0, 0.05) is 12.8 Å². The molecule has 3 nitrogen and oxygen atoms in total. The molecule has 0 radical (unpaired) electrons. The van der Waals surface area contributed by atoms with Gasteiger partial charge in [-0.05, 0) is 12.8 Å². The molecule has 0 aliphatic heterocycles. The highest BCUT2D eigenvalue weighted by molar-refractivity contribution is 7.23. The number of hydrogen-bond acceptors (Lipinski definition) is 2. The second kappa shape index (κ2) is 5.03. The molecule has 0 saturated heterocycles. The van der Waals surface area contributed by atoms with Gasteiger partial charge in [-0.15, -0.1) is 0 Å². The largest absolute Gasteiger partial charge is 0.655 e. The first-order chi connectivity index (χ1) is 4.93. The Bertz CT molecular complexity index is 85.8. The molecule has 1 atom stereocenters. The van der Waals surface area contributed by atoms with Crippen molar-refractivity contribution in [3.8, 4) is 0 Å². The van der Waals surface area contributed by atoms with Gasteiger partial charge < -0.3 is 4.89 Å². The van der Waals surface area contributed by atoms with E-state index in [4.69, 9.17) is 4.62 Å². The van der Waals surface area contributed by atoms with Crippen LogP contribution >= 0.6 is 9.03 Å². The van der Waals surface area contributed by atoms with Gasteiger partial charge >= 0.3 is 0 Å². The maximum Gasteiger partial charge on any atom is 0.141 e. The molecule has 0 aromatic rings. The maximum atomic E-state index is 10.0. The van der Waals surface area contributed by atoms with Crippen molar-refractivity contribution in [1.29, 1.82) is 0 Å². The predicted molar refractivity (Wildman–Crippen MR) is 39.6 cm³/mol. The summed E-state index contributed by atoms with van der Waals surface area (Å²) in [6.07, 6.45) is 6.41. The molecule has 0 amide bonds. The number of rotatable bonds is 3. The van der Waals surface area contributed by atoms with Crippen molar-refractivity contribution in [2.24, 2.45) is 0 Å². The monoisotopic (exact) mass is 164 g/mol. The smallest absolute Gasteiger partial charge is 0.141 e. The third-order valence-corrected chi connectivity index (χ3v) is 2.24. The fourth-order valence-corrected chi connectivity index (χ4v) is 1.70. The Morgan fingerprint density at radius 2 is 2.00 bits per heavy atom. The van der Waals surface area contributed by atoms with E-state index in [1.165, 1.54) is 32.1 Å². The summed E-state index contributed by atoms with van der Waals surface area (Å²) in [5.74, 6) is 0. The minimum Gasteiger partial charge on any atom is -0.655 e. The lowest BCUT2D eigenvalue weighted by Crippen LogP contribution is -2.88. The van der Waals surface area contributed by atoms with Crippen LogP contribution in [0.1, 0.15) is 32.1 Å². The molecule has 1 aliphatic carbocycles. The van der Waals surface area contributed by atoms with Crippen LogP contribution in [0.15, 0.2) is 0 Å². The summed E-state index contributed by atoms with van der Waals surface area (Å²) < 4.78 is 4.78. The van der Waals surface area contributed by atoms with Gasteiger partial charge in [-0.25, -0.2) is 0 Å². The summed E-state index contributed by atoms with van der Waals surface area (Å²) in [4.78, 5) is 10.0. The van der Waals surface area contributed by atoms with Crippen LogP contribution in [-0.2, 0) is 4.62 Å². The summed E-state index contributed by atoms with van der Waals surface area (Å²) >= 11 is 0. The SMILES string of the molecule is [O-][PH2+]O[NH2+]C1CCCCC1. The first-order valence-corrected chi connectivity index (χ1v) is 4.80. The molecule has 1 unspecified atom stereocenters. The van der Waals surface area contributed by atoms with E-state index in [1.807, 2.05) is 0 Å². The van der Waals surface area contributed by atoms with E-state index in [9.17, 15) is 4.89 Å². The molecule has 0 bridgehead atoms. The second-order valence-corrected chi connectivity index (χ2v) is 3.23. The van der Waals surface area contributed by atoms with Gasteiger partial charge in [0.1, 0.15) is 15.1 Å². The van der Waals surface area contributed by atoms with Crippen molar-refractivity contribution in [2.45, 2.75) is 38.1 Å². The molecule has 1 rings (SSSR count). The van der Waals surface area contributed by atoms with Gasteiger partial charge in [0.05, 0.1) is 0 Å². The summed E-state index contributed by atoms with van der Waals surface area (Å²) in [7, 11) is -1.03. The van der Waals surface area contributed by atoms with Gasteiger partial charge in [0.2, 0.25) is 0 Å². The fourth-order valence-electron chi connectivity index (χ4n) is 1.41. The standard InChI is InChI=1S/C6H14NO2P/c8-10-9-7-6-4-2-1-3-5-6/h6-7H,1-5,10H2/p+1. The van der Waals surface area contributed by atoms with Gasteiger partial charge in [-0.2, -0.15) is 5.48 Å². The third-order valence-electron chi connectivity index (χ3n) is 1.98. The molecular weight excluding hydrogens is 149 g/mol. The van der Waals surface area contributed by atoms with E-state index in [1.54, 1.807) is 5.48 Å². The lowest BCUT2D eigenvalue weighted by molar-refractivity contribution is -0.886. The van der Waals surface area contributed by atoms with Crippen molar-refractivity contribution >= 4 is 9.03 Å².